The summed E-state index contributed by atoms with van der Waals surface area (Å²) in [6, 6.07) is 10.3. The number of Topliss-reactive ketones (excluding diaryl/α,β-unsaturated/α-hetero) is 1. The predicted molar refractivity (Wildman–Crippen MR) is 133 cm³/mol. The minimum absolute atomic E-state index is 0.0267. The van der Waals surface area contributed by atoms with Crippen LogP contribution in [0.15, 0.2) is 45.3 Å². The second-order valence-corrected chi connectivity index (χ2v) is 9.32. The van der Waals surface area contributed by atoms with Gasteiger partial charge in [0.2, 0.25) is 5.91 Å². The van der Waals surface area contributed by atoms with Gasteiger partial charge in [0.05, 0.1) is 17.1 Å². The molecule has 0 aliphatic carbocycles. The van der Waals surface area contributed by atoms with Crippen molar-refractivity contribution in [3.05, 3.63) is 50.9 Å². The molecule has 1 aliphatic heterocycles. The van der Waals surface area contributed by atoms with Crippen molar-refractivity contribution >= 4 is 66.6 Å². The maximum absolute atomic E-state index is 12.6. The van der Waals surface area contributed by atoms with Gasteiger partial charge in [0.15, 0.2) is 5.78 Å². The SMILES string of the molecule is NC(=O)Nc1ccccc1NC1CCN(C(=O)CCC(=O)c2cc(Br)c(N)c(Br)c2)CC1. The number of primary amides is 1. The van der Waals surface area contributed by atoms with Gasteiger partial charge in [0.25, 0.3) is 0 Å². The van der Waals surface area contributed by atoms with Crippen LogP contribution in [0.1, 0.15) is 36.0 Å². The van der Waals surface area contributed by atoms with E-state index in [9.17, 15) is 14.4 Å². The number of nitrogens with zero attached hydrogens (tertiary/aromatic N) is 1. The smallest absolute Gasteiger partial charge is 0.316 e. The van der Waals surface area contributed by atoms with Crippen molar-refractivity contribution in [1.82, 2.24) is 4.90 Å². The van der Waals surface area contributed by atoms with Crippen LogP contribution in [-0.4, -0.2) is 41.8 Å². The Morgan fingerprint density at radius 1 is 1.00 bits per heavy atom. The molecule has 1 heterocycles. The molecule has 0 spiro atoms. The molecule has 10 heteroatoms. The molecule has 3 rings (SSSR count). The van der Waals surface area contributed by atoms with Crippen LogP contribution >= 0.6 is 31.9 Å². The van der Waals surface area contributed by atoms with Crippen molar-refractivity contribution < 1.29 is 14.4 Å². The van der Waals surface area contributed by atoms with Gasteiger partial charge in [-0.2, -0.15) is 0 Å². The number of rotatable bonds is 7. The molecule has 2 aromatic carbocycles. The molecule has 0 aromatic heterocycles. The monoisotopic (exact) mass is 565 g/mol. The van der Waals surface area contributed by atoms with E-state index in [0.29, 0.717) is 39.0 Å². The summed E-state index contributed by atoms with van der Waals surface area (Å²) in [5, 5.41) is 6.03. The van der Waals surface area contributed by atoms with E-state index >= 15 is 0 Å². The van der Waals surface area contributed by atoms with Gasteiger partial charge >= 0.3 is 6.03 Å². The number of halogens is 2. The number of piperidine rings is 1. The van der Waals surface area contributed by atoms with Crippen LogP contribution in [0.2, 0.25) is 0 Å². The van der Waals surface area contributed by atoms with Crippen molar-refractivity contribution in [3.63, 3.8) is 0 Å². The van der Waals surface area contributed by atoms with Crippen LogP contribution < -0.4 is 22.1 Å². The topological polar surface area (TPSA) is 131 Å². The first-order valence-electron chi connectivity index (χ1n) is 10.2. The largest absolute Gasteiger partial charge is 0.397 e. The molecule has 0 atom stereocenters. The van der Waals surface area contributed by atoms with E-state index in [0.717, 1.165) is 18.5 Å². The Labute approximate surface area is 203 Å². The summed E-state index contributed by atoms with van der Waals surface area (Å²) in [5.41, 5.74) is 13.6. The molecule has 1 fully saturated rings. The van der Waals surface area contributed by atoms with Crippen LogP contribution in [0.25, 0.3) is 0 Å². The second-order valence-electron chi connectivity index (χ2n) is 7.61. The summed E-state index contributed by atoms with van der Waals surface area (Å²) in [4.78, 5) is 38.1. The molecule has 2 aromatic rings. The average molecular weight is 567 g/mol. The third-order valence-corrected chi connectivity index (χ3v) is 6.67. The predicted octanol–water partition coefficient (Wildman–Crippen LogP) is 4.35. The van der Waals surface area contributed by atoms with E-state index in [1.807, 2.05) is 18.2 Å². The standard InChI is InChI=1S/C22H25Br2N5O3/c23-15-11-13(12-16(24)21(15)25)19(30)5-6-20(31)29-9-7-14(8-10-29)27-17-3-1-2-4-18(17)28-22(26)32/h1-4,11-12,14,27H,5-10,25H2,(H3,26,28,32). The zero-order chi connectivity index (χ0) is 23.3. The maximum atomic E-state index is 12.6. The number of ketones is 1. The number of nitrogens with one attached hydrogen (secondary N) is 2. The van der Waals surface area contributed by atoms with E-state index in [1.54, 1.807) is 23.1 Å². The molecule has 6 N–H and O–H groups in total. The first kappa shape index (κ1) is 24.1. The lowest BCUT2D eigenvalue weighted by molar-refractivity contribution is -0.132. The number of nitrogens with two attached hydrogens (primary N) is 2. The van der Waals surface area contributed by atoms with Crippen LogP contribution in [0.4, 0.5) is 21.9 Å². The quantitative estimate of drug-likeness (QED) is 0.292. The highest BCUT2D eigenvalue weighted by Gasteiger charge is 2.24. The van der Waals surface area contributed by atoms with E-state index in [2.05, 4.69) is 42.5 Å². The van der Waals surface area contributed by atoms with Crippen molar-refractivity contribution in [2.75, 3.05) is 29.5 Å². The first-order valence-corrected chi connectivity index (χ1v) is 11.8. The van der Waals surface area contributed by atoms with Crippen molar-refractivity contribution in [2.24, 2.45) is 5.73 Å². The average Bonchev–Trinajstić information content (AvgIpc) is 2.76. The lowest BCUT2D eigenvalue weighted by atomic mass is 10.0. The summed E-state index contributed by atoms with van der Waals surface area (Å²) in [6.45, 7) is 1.21. The van der Waals surface area contributed by atoms with Crippen LogP contribution in [0, 0.1) is 0 Å². The number of anilines is 3. The van der Waals surface area contributed by atoms with Crippen LogP contribution in [-0.2, 0) is 4.79 Å². The number of hydrogen-bond donors (Lipinski definition) is 4. The number of benzene rings is 2. The first-order chi connectivity index (χ1) is 15.2. The lowest BCUT2D eigenvalue weighted by Gasteiger charge is -2.33. The number of nitrogen functional groups attached to an aromatic ring is 1. The Morgan fingerprint density at radius 2 is 1.59 bits per heavy atom. The van der Waals surface area contributed by atoms with E-state index in [4.69, 9.17) is 11.5 Å². The van der Waals surface area contributed by atoms with Gasteiger partial charge in [-0.15, -0.1) is 0 Å². The highest BCUT2D eigenvalue weighted by atomic mass is 79.9. The lowest BCUT2D eigenvalue weighted by Crippen LogP contribution is -2.42. The number of carbonyl (C=O) groups is 3. The zero-order valence-electron chi connectivity index (χ0n) is 17.4. The van der Waals surface area contributed by atoms with Crippen LogP contribution in [0.3, 0.4) is 0 Å². The van der Waals surface area contributed by atoms with Gasteiger partial charge in [0, 0.05) is 46.5 Å². The third-order valence-electron chi connectivity index (χ3n) is 5.36. The summed E-state index contributed by atoms with van der Waals surface area (Å²) < 4.78 is 1.28. The van der Waals surface area contributed by atoms with Crippen molar-refractivity contribution in [1.29, 1.82) is 0 Å². The summed E-state index contributed by atoms with van der Waals surface area (Å²) in [7, 11) is 0. The van der Waals surface area contributed by atoms with Gasteiger partial charge < -0.3 is 27.0 Å². The highest BCUT2D eigenvalue weighted by molar-refractivity contribution is 9.11. The van der Waals surface area contributed by atoms with E-state index in [-0.39, 0.29) is 30.6 Å². The Hall–Kier alpha value is -2.59. The van der Waals surface area contributed by atoms with Crippen LogP contribution in [0.5, 0.6) is 0 Å². The Morgan fingerprint density at radius 3 is 2.19 bits per heavy atom. The molecule has 1 saturated heterocycles. The van der Waals surface area contributed by atoms with Gasteiger partial charge in [-0.3, -0.25) is 9.59 Å². The molecule has 1 aliphatic rings. The number of para-hydroxylation sites is 2. The number of urea groups is 1. The molecule has 0 radical (unpaired) electrons. The highest BCUT2D eigenvalue weighted by Crippen LogP contribution is 2.30. The molecule has 3 amide bonds. The minimum Gasteiger partial charge on any atom is -0.397 e. The second kappa shape index (κ2) is 10.8. The normalized spacial score (nSPS) is 14.1. The molecule has 0 unspecified atom stereocenters. The van der Waals surface area contributed by atoms with Crippen molar-refractivity contribution in [2.45, 2.75) is 31.7 Å². The number of hydrogen-bond acceptors (Lipinski definition) is 5. The Kier molecular flexibility index (Phi) is 8.14. The number of amides is 3. The molecule has 0 saturated carbocycles. The van der Waals surface area contributed by atoms with Gasteiger partial charge in [-0.1, -0.05) is 12.1 Å². The fourth-order valence-electron chi connectivity index (χ4n) is 3.61. The molecule has 0 bridgehead atoms. The van der Waals surface area contributed by atoms with Gasteiger partial charge in [-0.25, -0.2) is 4.79 Å². The Balaban J connectivity index is 1.49. The van der Waals surface area contributed by atoms with Gasteiger partial charge in [0.1, 0.15) is 0 Å². The summed E-state index contributed by atoms with van der Waals surface area (Å²) >= 11 is 6.68. The van der Waals surface area contributed by atoms with Gasteiger partial charge in [-0.05, 0) is 69.0 Å². The number of likely N-dealkylation sites (tertiary alicyclic amines) is 1. The van der Waals surface area contributed by atoms with E-state index < -0.39 is 6.03 Å². The number of carbonyl (C=O) groups excluding carboxylic acids is 3. The zero-order valence-corrected chi connectivity index (χ0v) is 20.5. The molecular formula is C22H25Br2N5O3. The maximum Gasteiger partial charge on any atom is 0.316 e. The molecule has 32 heavy (non-hydrogen) atoms. The van der Waals surface area contributed by atoms with E-state index in [1.165, 1.54) is 0 Å². The fraction of sp³-hybridized carbons (Fsp3) is 0.318. The summed E-state index contributed by atoms with van der Waals surface area (Å²) in [5.74, 6) is -0.129. The molecular weight excluding hydrogens is 542 g/mol. The fourth-order valence-corrected chi connectivity index (χ4v) is 4.80. The third kappa shape index (κ3) is 6.23. The minimum atomic E-state index is -0.618. The summed E-state index contributed by atoms with van der Waals surface area (Å²) in [6.07, 6.45) is 1.85. The van der Waals surface area contributed by atoms with Crippen molar-refractivity contribution in [3.8, 4) is 0 Å². The molecule has 8 nitrogen and oxygen atoms in total. The Bertz CT molecular complexity index is 999. The molecule has 170 valence electrons.